The topological polar surface area (TPSA) is 55.6 Å². The first kappa shape index (κ1) is 20.2. The molecule has 2 aromatic carbocycles. The first-order chi connectivity index (χ1) is 15.7. The van der Waals surface area contributed by atoms with Crippen molar-refractivity contribution < 1.29 is 0 Å². The number of hydrogen-bond acceptors (Lipinski definition) is 4. The fraction of sp³-hybridized carbons (Fsp3) is 0.115. The molecule has 5 rings (SSSR count). The van der Waals surface area contributed by atoms with E-state index in [9.17, 15) is 0 Å². The summed E-state index contributed by atoms with van der Waals surface area (Å²) in [6.07, 6.45) is 8.26. The second-order valence-electron chi connectivity index (χ2n) is 7.67. The molecule has 32 heavy (non-hydrogen) atoms. The third kappa shape index (κ3) is 3.95. The van der Waals surface area contributed by atoms with E-state index in [0.29, 0.717) is 0 Å². The van der Waals surface area contributed by atoms with Crippen LogP contribution in [-0.2, 0) is 6.42 Å². The Hall–Kier alpha value is -3.70. The lowest BCUT2D eigenvalue weighted by Crippen LogP contribution is -2.07. The largest absolute Gasteiger partial charge is 0.369 e. The van der Waals surface area contributed by atoms with Crippen LogP contribution in [0.2, 0.25) is 5.02 Å². The average Bonchev–Trinajstić information content (AvgIpc) is 3.23. The maximum atomic E-state index is 6.43. The quantitative estimate of drug-likeness (QED) is 0.347. The van der Waals surface area contributed by atoms with Gasteiger partial charge in [-0.25, -0.2) is 9.97 Å². The Bertz CT molecular complexity index is 1360. The highest BCUT2D eigenvalue weighted by molar-refractivity contribution is 6.31. The molecule has 5 nitrogen and oxygen atoms in total. The lowest BCUT2D eigenvalue weighted by molar-refractivity contribution is 0.991. The number of pyridine rings is 1. The lowest BCUT2D eigenvalue weighted by atomic mass is 10.1. The highest BCUT2D eigenvalue weighted by Gasteiger charge is 2.17. The summed E-state index contributed by atoms with van der Waals surface area (Å²) in [5, 5.41) is 5.23. The molecule has 1 N–H and O–H groups in total. The summed E-state index contributed by atoms with van der Waals surface area (Å²) in [6.45, 7) is 2.75. The Morgan fingerprint density at radius 1 is 1.00 bits per heavy atom. The van der Waals surface area contributed by atoms with Gasteiger partial charge >= 0.3 is 0 Å². The number of fused-ring (bicyclic) bond motifs is 1. The molecule has 0 fully saturated rings. The Labute approximate surface area is 191 Å². The molecule has 3 heterocycles. The van der Waals surface area contributed by atoms with Crippen molar-refractivity contribution in [3.05, 3.63) is 102 Å². The molecule has 0 saturated carbocycles. The van der Waals surface area contributed by atoms with Crippen LogP contribution in [0.3, 0.4) is 0 Å². The third-order valence-electron chi connectivity index (χ3n) is 5.53. The molecular weight excluding hydrogens is 418 g/mol. The van der Waals surface area contributed by atoms with Gasteiger partial charge < -0.3 is 9.88 Å². The zero-order valence-electron chi connectivity index (χ0n) is 17.7. The van der Waals surface area contributed by atoms with Crippen LogP contribution in [-0.4, -0.2) is 26.1 Å². The molecule has 0 unspecified atom stereocenters. The van der Waals surface area contributed by atoms with Gasteiger partial charge in [0.05, 0.1) is 5.39 Å². The number of nitrogens with one attached hydrogen (secondary N) is 1. The molecule has 0 bridgehead atoms. The minimum Gasteiger partial charge on any atom is -0.369 e. The van der Waals surface area contributed by atoms with Crippen LogP contribution in [0, 0.1) is 6.92 Å². The molecule has 0 atom stereocenters. The number of anilines is 1. The Morgan fingerprint density at radius 2 is 1.88 bits per heavy atom. The highest BCUT2D eigenvalue weighted by atomic mass is 35.5. The van der Waals surface area contributed by atoms with Gasteiger partial charge in [-0.15, -0.1) is 0 Å². The van der Waals surface area contributed by atoms with Gasteiger partial charge in [0.2, 0.25) is 0 Å². The van der Waals surface area contributed by atoms with Crippen LogP contribution in [0.5, 0.6) is 0 Å². The van der Waals surface area contributed by atoms with Crippen molar-refractivity contribution in [1.82, 2.24) is 19.5 Å². The number of hydrogen-bond donors (Lipinski definition) is 1. The van der Waals surface area contributed by atoms with Gasteiger partial charge in [-0.1, -0.05) is 54.1 Å². The number of rotatable bonds is 6. The summed E-state index contributed by atoms with van der Waals surface area (Å²) in [5.74, 6) is 0.815. The van der Waals surface area contributed by atoms with E-state index in [1.807, 2.05) is 49.5 Å². The molecule has 0 aliphatic rings. The fourth-order valence-electron chi connectivity index (χ4n) is 3.83. The number of halogens is 1. The minimum atomic E-state index is 0.731. The van der Waals surface area contributed by atoms with Crippen molar-refractivity contribution in [2.24, 2.45) is 0 Å². The maximum Gasteiger partial charge on any atom is 0.150 e. The van der Waals surface area contributed by atoms with Crippen molar-refractivity contribution >= 4 is 28.5 Å². The molecule has 3 aromatic heterocycles. The second kappa shape index (κ2) is 8.81. The molecule has 6 heteroatoms. The highest BCUT2D eigenvalue weighted by Crippen LogP contribution is 2.35. The molecule has 5 aromatic rings. The summed E-state index contributed by atoms with van der Waals surface area (Å²) in [7, 11) is 0. The molecule has 0 aliphatic carbocycles. The van der Waals surface area contributed by atoms with E-state index < -0.39 is 0 Å². The van der Waals surface area contributed by atoms with Gasteiger partial charge in [0, 0.05) is 41.4 Å². The number of benzene rings is 2. The van der Waals surface area contributed by atoms with Crippen molar-refractivity contribution in [2.75, 3.05) is 11.9 Å². The molecule has 0 saturated heterocycles. The van der Waals surface area contributed by atoms with Crippen molar-refractivity contribution in [2.45, 2.75) is 13.3 Å². The monoisotopic (exact) mass is 439 g/mol. The van der Waals surface area contributed by atoms with E-state index in [0.717, 1.165) is 57.2 Å². The SMILES string of the molecule is Cc1ccc(-n2cc(-c3ccccc3)c3c(NCCc4cccnc4)ncnc32)cc1Cl. The molecule has 0 radical (unpaired) electrons. The minimum absolute atomic E-state index is 0.731. The third-order valence-corrected chi connectivity index (χ3v) is 5.94. The van der Waals surface area contributed by atoms with Gasteiger partial charge in [0.15, 0.2) is 5.65 Å². The van der Waals surface area contributed by atoms with Crippen LogP contribution < -0.4 is 5.32 Å². The van der Waals surface area contributed by atoms with E-state index >= 15 is 0 Å². The first-order valence-electron chi connectivity index (χ1n) is 10.5. The predicted octanol–water partition coefficient (Wildman–Crippen LogP) is 6.10. The fourth-order valence-corrected chi connectivity index (χ4v) is 4.01. The van der Waals surface area contributed by atoms with E-state index in [4.69, 9.17) is 11.6 Å². The molecule has 158 valence electrons. The Kier molecular flexibility index (Phi) is 5.57. The van der Waals surface area contributed by atoms with Gasteiger partial charge in [0.25, 0.3) is 0 Å². The average molecular weight is 440 g/mol. The van der Waals surface area contributed by atoms with Crippen LogP contribution in [0.15, 0.2) is 85.6 Å². The molecule has 0 spiro atoms. The molecule has 0 aliphatic heterocycles. The normalized spacial score (nSPS) is 11.1. The maximum absolute atomic E-state index is 6.43. The number of nitrogens with zero attached hydrogens (tertiary/aromatic N) is 4. The van der Waals surface area contributed by atoms with Crippen molar-refractivity contribution in [1.29, 1.82) is 0 Å². The second-order valence-corrected chi connectivity index (χ2v) is 8.08. The smallest absolute Gasteiger partial charge is 0.150 e. The van der Waals surface area contributed by atoms with Crippen molar-refractivity contribution in [3.8, 4) is 16.8 Å². The number of aromatic nitrogens is 4. The number of aryl methyl sites for hydroxylation is 1. The molecule has 0 amide bonds. The standard InChI is InChI=1S/C26H22ClN5/c1-18-9-10-21(14-23(18)27)32-16-22(20-7-3-2-4-8-20)24-25(30-17-31-26(24)32)29-13-11-19-6-5-12-28-15-19/h2-10,12,14-17H,11,13H2,1H3,(H,29,30,31). The van der Waals surface area contributed by atoms with E-state index in [-0.39, 0.29) is 0 Å². The van der Waals surface area contributed by atoms with Crippen LogP contribution in [0.4, 0.5) is 5.82 Å². The van der Waals surface area contributed by atoms with E-state index in [1.54, 1.807) is 12.5 Å². The first-order valence-corrected chi connectivity index (χ1v) is 10.9. The predicted molar refractivity (Wildman–Crippen MR) is 130 cm³/mol. The van der Waals surface area contributed by atoms with Gasteiger partial charge in [-0.05, 0) is 48.2 Å². The van der Waals surface area contributed by atoms with E-state index in [1.165, 1.54) is 5.56 Å². The summed E-state index contributed by atoms with van der Waals surface area (Å²) in [5.41, 5.74) is 6.21. The van der Waals surface area contributed by atoms with Crippen molar-refractivity contribution in [3.63, 3.8) is 0 Å². The van der Waals surface area contributed by atoms with Crippen LogP contribution >= 0.6 is 11.6 Å². The summed E-state index contributed by atoms with van der Waals surface area (Å²) < 4.78 is 2.08. The summed E-state index contributed by atoms with van der Waals surface area (Å²) >= 11 is 6.43. The molecular formula is C26H22ClN5. The Morgan fingerprint density at radius 3 is 2.66 bits per heavy atom. The Balaban J connectivity index is 1.60. The van der Waals surface area contributed by atoms with Crippen LogP contribution in [0.25, 0.3) is 27.8 Å². The van der Waals surface area contributed by atoms with Gasteiger partial charge in [0.1, 0.15) is 12.1 Å². The summed E-state index contributed by atoms with van der Waals surface area (Å²) in [4.78, 5) is 13.4. The zero-order chi connectivity index (χ0) is 21.9. The zero-order valence-corrected chi connectivity index (χ0v) is 18.4. The van der Waals surface area contributed by atoms with E-state index in [2.05, 4.69) is 55.3 Å². The van der Waals surface area contributed by atoms with Gasteiger partial charge in [-0.3, -0.25) is 4.98 Å². The van der Waals surface area contributed by atoms with Crippen LogP contribution in [0.1, 0.15) is 11.1 Å². The lowest BCUT2D eigenvalue weighted by Gasteiger charge is -2.09. The van der Waals surface area contributed by atoms with Gasteiger partial charge in [-0.2, -0.15) is 0 Å². The summed E-state index contributed by atoms with van der Waals surface area (Å²) in [6, 6.07) is 20.4.